The largest absolute Gasteiger partial charge is 0.497 e. The predicted octanol–water partition coefficient (Wildman–Crippen LogP) is 0.665. The Kier molecular flexibility index (Phi) is 7.67. The SMILES string of the molecule is COc1cccc(NC(=O)N[C@H]2C=C[C@H](CC(=O)N3CCN(C)CC3)O[C@H]2CO)c1. The quantitative estimate of drug-likeness (QED) is 0.587. The molecule has 0 bridgehead atoms. The Hall–Kier alpha value is -2.62. The van der Waals surface area contributed by atoms with Gasteiger partial charge < -0.3 is 35.0 Å². The lowest BCUT2D eigenvalue weighted by molar-refractivity contribution is -0.137. The first-order valence-electron chi connectivity index (χ1n) is 10.1. The fourth-order valence-electron chi connectivity index (χ4n) is 3.51. The number of nitrogens with zero attached hydrogens (tertiary/aromatic N) is 2. The second kappa shape index (κ2) is 10.4. The smallest absolute Gasteiger partial charge is 0.319 e. The second-order valence-corrected chi connectivity index (χ2v) is 7.52. The summed E-state index contributed by atoms with van der Waals surface area (Å²) in [7, 11) is 3.60. The lowest BCUT2D eigenvalue weighted by atomic mass is 10.0. The van der Waals surface area contributed by atoms with Gasteiger partial charge in [0.05, 0.1) is 32.3 Å². The zero-order chi connectivity index (χ0) is 21.5. The first kappa shape index (κ1) is 22.1. The van der Waals surface area contributed by atoms with Gasteiger partial charge in [0.1, 0.15) is 11.9 Å². The summed E-state index contributed by atoms with van der Waals surface area (Å²) in [5, 5.41) is 15.2. The third kappa shape index (κ3) is 5.94. The third-order valence-corrected chi connectivity index (χ3v) is 5.32. The number of likely N-dealkylation sites (N-methyl/N-ethyl adjacent to an activating group) is 1. The summed E-state index contributed by atoms with van der Waals surface area (Å²) < 4.78 is 11.0. The summed E-state index contributed by atoms with van der Waals surface area (Å²) in [6.45, 7) is 2.88. The van der Waals surface area contributed by atoms with Crippen LogP contribution in [0.2, 0.25) is 0 Å². The van der Waals surface area contributed by atoms with Crippen molar-refractivity contribution in [3.8, 4) is 5.75 Å². The monoisotopic (exact) mass is 418 g/mol. The highest BCUT2D eigenvalue weighted by atomic mass is 16.5. The Balaban J connectivity index is 1.52. The Morgan fingerprint density at radius 1 is 1.23 bits per heavy atom. The molecular formula is C21H30N4O5. The maximum Gasteiger partial charge on any atom is 0.319 e. The number of aliphatic hydroxyl groups excluding tert-OH is 1. The number of hydrogen-bond donors (Lipinski definition) is 3. The Bertz CT molecular complexity index is 764. The molecule has 2 heterocycles. The number of carbonyl (C=O) groups excluding carboxylic acids is 2. The van der Waals surface area contributed by atoms with Crippen LogP contribution in [0.5, 0.6) is 5.75 Å². The zero-order valence-corrected chi connectivity index (χ0v) is 17.4. The fourth-order valence-corrected chi connectivity index (χ4v) is 3.51. The number of urea groups is 1. The van der Waals surface area contributed by atoms with Crippen LogP contribution < -0.4 is 15.4 Å². The molecule has 9 heteroatoms. The predicted molar refractivity (Wildman–Crippen MR) is 113 cm³/mol. The molecule has 30 heavy (non-hydrogen) atoms. The molecule has 0 aliphatic carbocycles. The summed E-state index contributed by atoms with van der Waals surface area (Å²) in [6, 6.07) is 6.08. The molecule has 1 saturated heterocycles. The maximum atomic E-state index is 12.5. The molecule has 0 radical (unpaired) electrons. The van der Waals surface area contributed by atoms with E-state index in [1.807, 2.05) is 11.9 Å². The van der Waals surface area contributed by atoms with E-state index >= 15 is 0 Å². The van der Waals surface area contributed by atoms with Gasteiger partial charge in [0.15, 0.2) is 0 Å². The van der Waals surface area contributed by atoms with E-state index in [1.54, 1.807) is 43.5 Å². The third-order valence-electron chi connectivity index (χ3n) is 5.32. The van der Waals surface area contributed by atoms with Crippen LogP contribution >= 0.6 is 0 Å². The van der Waals surface area contributed by atoms with Gasteiger partial charge in [-0.05, 0) is 19.2 Å². The number of anilines is 1. The van der Waals surface area contributed by atoms with E-state index in [1.165, 1.54) is 0 Å². The van der Waals surface area contributed by atoms with Crippen molar-refractivity contribution in [1.82, 2.24) is 15.1 Å². The molecule has 1 fully saturated rings. The van der Waals surface area contributed by atoms with E-state index in [2.05, 4.69) is 15.5 Å². The molecule has 1 aromatic carbocycles. The minimum absolute atomic E-state index is 0.0385. The number of nitrogens with one attached hydrogen (secondary N) is 2. The summed E-state index contributed by atoms with van der Waals surface area (Å²) in [6.07, 6.45) is 2.72. The van der Waals surface area contributed by atoms with Crippen LogP contribution in [0.4, 0.5) is 10.5 Å². The first-order chi connectivity index (χ1) is 14.5. The normalized spacial score (nSPS) is 24.4. The van der Waals surface area contributed by atoms with Crippen molar-refractivity contribution in [3.63, 3.8) is 0 Å². The Morgan fingerprint density at radius 3 is 2.70 bits per heavy atom. The van der Waals surface area contributed by atoms with Crippen LogP contribution in [-0.4, -0.2) is 92.0 Å². The molecule has 3 rings (SSSR count). The number of rotatable bonds is 6. The van der Waals surface area contributed by atoms with E-state index in [-0.39, 0.29) is 18.9 Å². The molecule has 3 amide bonds. The van der Waals surface area contributed by atoms with Crippen molar-refractivity contribution in [2.75, 3.05) is 52.3 Å². The van der Waals surface area contributed by atoms with Gasteiger partial charge >= 0.3 is 6.03 Å². The summed E-state index contributed by atoms with van der Waals surface area (Å²) in [4.78, 5) is 28.9. The molecule has 164 valence electrons. The van der Waals surface area contributed by atoms with Crippen LogP contribution in [-0.2, 0) is 9.53 Å². The standard InChI is InChI=1S/C21H30N4O5/c1-24-8-10-25(11-9-24)20(27)13-17-6-7-18(19(14-26)30-17)23-21(28)22-15-4-3-5-16(12-15)29-2/h3-7,12,17-19,26H,8-11,13-14H2,1-2H3,(H2,22,23,28)/t17-,18+,19+/m1/s1. The van der Waals surface area contributed by atoms with Crippen molar-refractivity contribution in [2.45, 2.75) is 24.7 Å². The molecule has 0 spiro atoms. The highest BCUT2D eigenvalue weighted by Crippen LogP contribution is 2.19. The number of carbonyl (C=O) groups is 2. The van der Waals surface area contributed by atoms with Crippen LogP contribution in [0.15, 0.2) is 36.4 Å². The lowest BCUT2D eigenvalue weighted by Crippen LogP contribution is -2.51. The van der Waals surface area contributed by atoms with E-state index in [0.29, 0.717) is 24.5 Å². The highest BCUT2D eigenvalue weighted by Gasteiger charge is 2.30. The fraction of sp³-hybridized carbons (Fsp3) is 0.524. The maximum absolute atomic E-state index is 12.5. The molecule has 9 nitrogen and oxygen atoms in total. The van der Waals surface area contributed by atoms with Crippen LogP contribution in [0.1, 0.15) is 6.42 Å². The lowest BCUT2D eigenvalue weighted by Gasteiger charge is -2.35. The van der Waals surface area contributed by atoms with Crippen molar-refractivity contribution in [2.24, 2.45) is 0 Å². The molecule has 3 atom stereocenters. The molecule has 3 N–H and O–H groups in total. The minimum atomic E-state index is -0.628. The number of hydrogen-bond acceptors (Lipinski definition) is 6. The highest BCUT2D eigenvalue weighted by molar-refractivity contribution is 5.89. The van der Waals surface area contributed by atoms with Crippen LogP contribution in [0, 0.1) is 0 Å². The number of methoxy groups -OCH3 is 1. The first-order valence-corrected chi connectivity index (χ1v) is 10.1. The van der Waals surface area contributed by atoms with Gasteiger partial charge in [-0.15, -0.1) is 0 Å². The van der Waals surface area contributed by atoms with Crippen molar-refractivity contribution < 1.29 is 24.2 Å². The summed E-state index contributed by atoms with van der Waals surface area (Å²) in [5.74, 6) is 0.673. The number of ether oxygens (including phenoxy) is 2. The Morgan fingerprint density at radius 2 is 2.00 bits per heavy atom. The average molecular weight is 418 g/mol. The minimum Gasteiger partial charge on any atom is -0.497 e. The van der Waals surface area contributed by atoms with Crippen LogP contribution in [0.25, 0.3) is 0 Å². The van der Waals surface area contributed by atoms with Gasteiger partial charge in [-0.1, -0.05) is 18.2 Å². The number of amides is 3. The van der Waals surface area contributed by atoms with Gasteiger partial charge in [-0.3, -0.25) is 4.79 Å². The van der Waals surface area contributed by atoms with Gasteiger partial charge in [-0.2, -0.15) is 0 Å². The van der Waals surface area contributed by atoms with Gasteiger partial charge in [0.25, 0.3) is 0 Å². The van der Waals surface area contributed by atoms with E-state index in [9.17, 15) is 14.7 Å². The number of aliphatic hydroxyl groups is 1. The molecular weight excluding hydrogens is 388 g/mol. The zero-order valence-electron chi connectivity index (χ0n) is 17.4. The molecule has 0 aromatic heterocycles. The van der Waals surface area contributed by atoms with Gasteiger partial charge in [0.2, 0.25) is 5.91 Å². The van der Waals surface area contributed by atoms with Crippen molar-refractivity contribution >= 4 is 17.6 Å². The van der Waals surface area contributed by atoms with Crippen molar-refractivity contribution in [1.29, 1.82) is 0 Å². The van der Waals surface area contributed by atoms with Crippen LogP contribution in [0.3, 0.4) is 0 Å². The number of piperazine rings is 1. The molecule has 0 unspecified atom stereocenters. The van der Waals surface area contributed by atoms with E-state index < -0.39 is 24.3 Å². The second-order valence-electron chi connectivity index (χ2n) is 7.52. The van der Waals surface area contributed by atoms with Crippen molar-refractivity contribution in [3.05, 3.63) is 36.4 Å². The molecule has 2 aliphatic rings. The number of benzene rings is 1. The van der Waals surface area contributed by atoms with E-state index in [4.69, 9.17) is 9.47 Å². The van der Waals surface area contributed by atoms with Gasteiger partial charge in [-0.25, -0.2) is 4.79 Å². The summed E-state index contributed by atoms with van der Waals surface area (Å²) in [5.41, 5.74) is 0.587. The molecule has 0 saturated carbocycles. The summed E-state index contributed by atoms with van der Waals surface area (Å²) >= 11 is 0. The molecule has 1 aromatic rings. The molecule has 2 aliphatic heterocycles. The van der Waals surface area contributed by atoms with Gasteiger partial charge in [0, 0.05) is 37.9 Å². The topological polar surface area (TPSA) is 103 Å². The van der Waals surface area contributed by atoms with E-state index in [0.717, 1.165) is 13.1 Å². The average Bonchev–Trinajstić information content (AvgIpc) is 2.75. The Labute approximate surface area is 176 Å².